The molecule has 2 heterocycles. The van der Waals surface area contributed by atoms with Crippen molar-refractivity contribution in [1.29, 1.82) is 0 Å². The fourth-order valence-electron chi connectivity index (χ4n) is 5.99. The van der Waals surface area contributed by atoms with E-state index in [0.29, 0.717) is 23.0 Å². The number of benzene rings is 1. The zero-order chi connectivity index (χ0) is 22.7. The molecule has 7 heteroatoms. The molecule has 0 saturated heterocycles. The van der Waals surface area contributed by atoms with Crippen molar-refractivity contribution in [2.24, 2.45) is 17.8 Å². The first kappa shape index (κ1) is 22.1. The predicted octanol–water partition coefficient (Wildman–Crippen LogP) is 4.27. The summed E-state index contributed by atoms with van der Waals surface area (Å²) in [6, 6.07) is 9.49. The summed E-state index contributed by atoms with van der Waals surface area (Å²) >= 11 is 9.75. The molecule has 1 unspecified atom stereocenters. The van der Waals surface area contributed by atoms with Crippen LogP contribution in [-0.2, 0) is 11.2 Å². The lowest BCUT2D eigenvalue weighted by atomic mass is 9.68. The van der Waals surface area contributed by atoms with Gasteiger partial charge in [0, 0.05) is 35.1 Å². The molecule has 0 bridgehead atoms. The van der Waals surface area contributed by atoms with Gasteiger partial charge < -0.3 is 19.8 Å². The van der Waals surface area contributed by atoms with E-state index in [4.69, 9.17) is 16.3 Å². The van der Waals surface area contributed by atoms with Gasteiger partial charge in [-0.2, -0.15) is 0 Å². The Balaban J connectivity index is 1.79. The summed E-state index contributed by atoms with van der Waals surface area (Å²) < 4.78 is 7.66. The van der Waals surface area contributed by atoms with Crippen molar-refractivity contribution < 1.29 is 14.9 Å². The lowest BCUT2D eigenvalue weighted by Gasteiger charge is -2.43. The number of nitrogens with zero attached hydrogens (tertiary/aromatic N) is 2. The molecule has 5 nitrogen and oxygen atoms in total. The van der Waals surface area contributed by atoms with E-state index in [1.54, 1.807) is 6.07 Å². The average molecular weight is 518 g/mol. The van der Waals surface area contributed by atoms with Gasteiger partial charge in [0.05, 0.1) is 11.1 Å². The normalized spacial score (nSPS) is 35.1. The van der Waals surface area contributed by atoms with Crippen LogP contribution in [0.15, 0.2) is 65.3 Å². The molecule has 5 rings (SSSR count). The van der Waals surface area contributed by atoms with Crippen LogP contribution < -0.4 is 4.74 Å². The number of fused-ring (bicyclic) bond motifs is 3. The number of aromatic nitrogens is 1. The topological polar surface area (TPSA) is 65.8 Å². The van der Waals surface area contributed by atoms with E-state index in [9.17, 15) is 10.2 Å². The fourth-order valence-corrected chi connectivity index (χ4v) is 6.40. The first-order valence-corrected chi connectivity index (χ1v) is 12.0. The number of hydrogen-bond acceptors (Lipinski definition) is 5. The Morgan fingerprint density at radius 2 is 2.00 bits per heavy atom. The van der Waals surface area contributed by atoms with Crippen molar-refractivity contribution in [3.63, 3.8) is 0 Å². The van der Waals surface area contributed by atoms with Crippen LogP contribution in [0, 0.1) is 17.8 Å². The SMILES string of the molecule is CN(C)C[C@H]1[C@@H](O)[C@@]2(O)c3ncc(Cl)cc3O[C@@]2(c2ccc(Br)cc2)[C@@H]1C1C=CC=CC1. The van der Waals surface area contributed by atoms with Gasteiger partial charge in [0.1, 0.15) is 11.4 Å². The third-order valence-electron chi connectivity index (χ3n) is 7.11. The highest BCUT2D eigenvalue weighted by Gasteiger charge is 2.77. The predicted molar refractivity (Wildman–Crippen MR) is 128 cm³/mol. The molecule has 1 saturated carbocycles. The number of halogens is 2. The minimum Gasteiger partial charge on any atom is -0.477 e. The number of aliphatic hydroxyl groups excluding tert-OH is 1. The van der Waals surface area contributed by atoms with Crippen LogP contribution in [0.1, 0.15) is 17.7 Å². The minimum absolute atomic E-state index is 0.0713. The van der Waals surface area contributed by atoms with Crippen molar-refractivity contribution in [2.45, 2.75) is 23.7 Å². The third-order valence-corrected chi connectivity index (χ3v) is 7.84. The molecule has 1 aromatic heterocycles. The van der Waals surface area contributed by atoms with E-state index in [1.165, 1.54) is 6.20 Å². The Labute approximate surface area is 201 Å². The molecule has 0 spiro atoms. The first-order valence-electron chi connectivity index (χ1n) is 10.8. The van der Waals surface area contributed by atoms with E-state index in [1.807, 2.05) is 50.5 Å². The molecule has 2 N–H and O–H groups in total. The maximum Gasteiger partial charge on any atom is 0.180 e. The summed E-state index contributed by atoms with van der Waals surface area (Å²) in [4.78, 5) is 6.54. The lowest BCUT2D eigenvalue weighted by molar-refractivity contribution is -0.162. The van der Waals surface area contributed by atoms with Crippen LogP contribution in [0.3, 0.4) is 0 Å². The molecule has 1 aromatic carbocycles. The lowest BCUT2D eigenvalue weighted by Crippen LogP contribution is -2.53. The summed E-state index contributed by atoms with van der Waals surface area (Å²) in [6.07, 6.45) is 9.60. The molecule has 3 aliphatic rings. The van der Waals surface area contributed by atoms with Gasteiger partial charge in [0.15, 0.2) is 11.2 Å². The quantitative estimate of drug-likeness (QED) is 0.634. The van der Waals surface area contributed by atoms with Gasteiger partial charge in [-0.25, -0.2) is 0 Å². The Hall–Kier alpha value is -1.70. The minimum atomic E-state index is -1.72. The molecular formula is C25H26BrClN2O3. The molecule has 1 aliphatic heterocycles. The second kappa shape index (κ2) is 7.96. The van der Waals surface area contributed by atoms with Crippen LogP contribution in [0.4, 0.5) is 0 Å². The van der Waals surface area contributed by atoms with Crippen LogP contribution >= 0.6 is 27.5 Å². The Kier molecular flexibility index (Phi) is 5.50. The van der Waals surface area contributed by atoms with Gasteiger partial charge in [-0.05, 0) is 44.1 Å². The van der Waals surface area contributed by atoms with Crippen molar-refractivity contribution in [3.05, 3.63) is 81.6 Å². The molecule has 0 radical (unpaired) electrons. The molecule has 6 atom stereocenters. The highest BCUT2D eigenvalue weighted by Crippen LogP contribution is 2.67. The van der Waals surface area contributed by atoms with Gasteiger partial charge in [0.25, 0.3) is 0 Å². The number of allylic oxidation sites excluding steroid dienone is 4. The number of rotatable bonds is 4. The van der Waals surface area contributed by atoms with E-state index in [2.05, 4.69) is 38.0 Å². The Morgan fingerprint density at radius 3 is 2.66 bits per heavy atom. The first-order chi connectivity index (χ1) is 15.3. The maximum atomic E-state index is 12.4. The summed E-state index contributed by atoms with van der Waals surface area (Å²) in [5.41, 5.74) is -1.78. The van der Waals surface area contributed by atoms with Crippen LogP contribution in [0.2, 0.25) is 5.02 Å². The van der Waals surface area contributed by atoms with Gasteiger partial charge in [-0.15, -0.1) is 0 Å². The maximum absolute atomic E-state index is 12.4. The highest BCUT2D eigenvalue weighted by molar-refractivity contribution is 9.10. The monoisotopic (exact) mass is 516 g/mol. The summed E-state index contributed by atoms with van der Waals surface area (Å²) in [5.74, 6) is 0.0401. The van der Waals surface area contributed by atoms with Gasteiger partial charge in [-0.3, -0.25) is 4.98 Å². The standard InChI is InChI=1S/C25H26BrClN2O3/c1-29(2)14-19-21(15-6-4-3-5-7-15)25(16-8-10-17(26)11-9-16)24(31,23(19)30)22-20(32-25)12-18(27)13-28-22/h3-6,8-13,15,19,21,23,30-31H,7,14H2,1-2H3/t15?,19-,21-,23-,24+,25+/m1/s1. The number of hydrogen-bond donors (Lipinski definition) is 2. The van der Waals surface area contributed by atoms with E-state index < -0.39 is 17.3 Å². The van der Waals surface area contributed by atoms with Crippen molar-refractivity contribution in [2.75, 3.05) is 20.6 Å². The van der Waals surface area contributed by atoms with Crippen molar-refractivity contribution in [3.8, 4) is 5.75 Å². The zero-order valence-electron chi connectivity index (χ0n) is 18.0. The third kappa shape index (κ3) is 3.04. The van der Waals surface area contributed by atoms with E-state index in [-0.39, 0.29) is 17.8 Å². The fraction of sp³-hybridized carbons (Fsp3) is 0.400. The summed E-state index contributed by atoms with van der Waals surface area (Å²) in [6.45, 7) is 0.604. The second-order valence-corrected chi connectivity index (χ2v) is 10.6. The van der Waals surface area contributed by atoms with E-state index >= 15 is 0 Å². The number of aliphatic hydroxyl groups is 2. The molecular weight excluding hydrogens is 492 g/mol. The molecule has 1 fully saturated rings. The smallest absolute Gasteiger partial charge is 0.180 e. The second-order valence-electron chi connectivity index (χ2n) is 9.22. The molecule has 2 aliphatic carbocycles. The molecule has 0 amide bonds. The van der Waals surface area contributed by atoms with Gasteiger partial charge >= 0.3 is 0 Å². The van der Waals surface area contributed by atoms with E-state index in [0.717, 1.165) is 16.5 Å². The number of pyridine rings is 1. The average Bonchev–Trinajstić information content (AvgIpc) is 3.12. The molecule has 32 heavy (non-hydrogen) atoms. The van der Waals surface area contributed by atoms with Gasteiger partial charge in [-0.1, -0.05) is 64.0 Å². The molecule has 2 aromatic rings. The van der Waals surface area contributed by atoms with Gasteiger partial charge in [0.2, 0.25) is 0 Å². The summed E-state index contributed by atoms with van der Waals surface area (Å²) in [5, 5.41) is 24.7. The summed E-state index contributed by atoms with van der Waals surface area (Å²) in [7, 11) is 3.97. The van der Waals surface area contributed by atoms with Crippen molar-refractivity contribution >= 4 is 27.5 Å². The van der Waals surface area contributed by atoms with Crippen molar-refractivity contribution in [1.82, 2.24) is 9.88 Å². The highest BCUT2D eigenvalue weighted by atomic mass is 79.9. The van der Waals surface area contributed by atoms with Crippen LogP contribution in [-0.4, -0.2) is 46.8 Å². The largest absolute Gasteiger partial charge is 0.477 e. The Morgan fingerprint density at radius 1 is 1.25 bits per heavy atom. The zero-order valence-corrected chi connectivity index (χ0v) is 20.3. The Bertz CT molecular complexity index is 1090. The molecule has 168 valence electrons. The van der Waals surface area contributed by atoms with Crippen LogP contribution in [0.5, 0.6) is 5.75 Å². The van der Waals surface area contributed by atoms with Crippen LogP contribution in [0.25, 0.3) is 0 Å². The number of ether oxygens (including phenoxy) is 1.